The second-order valence-electron chi connectivity index (χ2n) is 2.01. The molecule has 0 atom stereocenters. The maximum Gasteiger partial charge on any atom is 0.508 e. The molecule has 0 fully saturated rings. The zero-order chi connectivity index (χ0) is 11.8. The van der Waals surface area contributed by atoms with Crippen molar-refractivity contribution in [1.29, 1.82) is 0 Å². The number of carboxylic acid groups (broad SMARTS) is 1. The van der Waals surface area contributed by atoms with Crippen LogP contribution in [0.2, 0.25) is 0 Å². The number of alkyl halides is 6. The summed E-state index contributed by atoms with van der Waals surface area (Å²) in [6, 6.07) is 0. The molecule has 0 amide bonds. The van der Waals surface area contributed by atoms with Crippen molar-refractivity contribution in [2.24, 2.45) is 0 Å². The van der Waals surface area contributed by atoms with Gasteiger partial charge in [-0.1, -0.05) is 0 Å². The van der Waals surface area contributed by atoms with Crippen LogP contribution in [0.1, 0.15) is 0 Å². The standard InChI is InChI=1S/C4H2F6O4/c5-3(6,7)2(13,4(8,9)10)14-1(11)12/h13H,(H,11,12). The number of hydrogen-bond acceptors (Lipinski definition) is 3. The highest BCUT2D eigenvalue weighted by molar-refractivity contribution is 5.57. The fraction of sp³-hybridized carbons (Fsp3) is 0.750. The summed E-state index contributed by atoms with van der Waals surface area (Å²) in [5, 5.41) is 15.6. The van der Waals surface area contributed by atoms with E-state index in [0.29, 0.717) is 0 Å². The lowest BCUT2D eigenvalue weighted by molar-refractivity contribution is -0.443. The first-order valence-corrected chi connectivity index (χ1v) is 2.69. The molecule has 84 valence electrons. The fourth-order valence-electron chi connectivity index (χ4n) is 0.403. The summed E-state index contributed by atoms with van der Waals surface area (Å²) in [5.74, 6) is -5.70. The van der Waals surface area contributed by atoms with Crippen LogP contribution < -0.4 is 0 Å². The first-order chi connectivity index (χ1) is 5.92. The van der Waals surface area contributed by atoms with E-state index >= 15 is 0 Å². The topological polar surface area (TPSA) is 66.8 Å². The van der Waals surface area contributed by atoms with E-state index in [2.05, 4.69) is 4.74 Å². The van der Waals surface area contributed by atoms with Gasteiger partial charge in [-0.05, 0) is 0 Å². The molecule has 0 radical (unpaired) electrons. The number of aliphatic hydroxyl groups is 1. The van der Waals surface area contributed by atoms with Crippen molar-refractivity contribution in [2.75, 3.05) is 0 Å². The number of hydrogen-bond donors (Lipinski definition) is 2. The number of ether oxygens (including phenoxy) is 1. The number of rotatable bonds is 1. The largest absolute Gasteiger partial charge is 0.508 e. The molecule has 0 aliphatic rings. The van der Waals surface area contributed by atoms with Crippen molar-refractivity contribution in [1.82, 2.24) is 0 Å². The van der Waals surface area contributed by atoms with Crippen molar-refractivity contribution in [3.63, 3.8) is 0 Å². The van der Waals surface area contributed by atoms with Gasteiger partial charge < -0.3 is 14.9 Å². The first-order valence-electron chi connectivity index (χ1n) is 2.69. The fourth-order valence-corrected chi connectivity index (χ4v) is 0.403. The van der Waals surface area contributed by atoms with E-state index in [1.807, 2.05) is 0 Å². The van der Waals surface area contributed by atoms with Crippen LogP contribution in [-0.4, -0.2) is 34.5 Å². The molecule has 0 heterocycles. The van der Waals surface area contributed by atoms with Crippen LogP contribution in [0.3, 0.4) is 0 Å². The van der Waals surface area contributed by atoms with Gasteiger partial charge in [0, 0.05) is 0 Å². The Labute approximate surface area is 71.7 Å². The minimum absolute atomic E-state index is 2.39. The molecule has 10 heteroatoms. The maximum absolute atomic E-state index is 11.6. The zero-order valence-electron chi connectivity index (χ0n) is 5.98. The monoisotopic (exact) mass is 228 g/mol. The Balaban J connectivity index is 5.18. The summed E-state index contributed by atoms with van der Waals surface area (Å²) >= 11 is 0. The SMILES string of the molecule is O=C(O)OC(O)(C(F)(F)F)C(F)(F)F. The lowest BCUT2D eigenvalue weighted by Crippen LogP contribution is -2.59. The average molecular weight is 228 g/mol. The lowest BCUT2D eigenvalue weighted by atomic mass is 10.2. The van der Waals surface area contributed by atoms with Crippen molar-refractivity contribution in [2.45, 2.75) is 18.1 Å². The van der Waals surface area contributed by atoms with Crippen molar-refractivity contribution >= 4 is 6.16 Å². The predicted molar refractivity (Wildman–Crippen MR) is 26.2 cm³/mol. The molecule has 0 aromatic rings. The number of carbonyl (C=O) groups is 1. The zero-order valence-corrected chi connectivity index (χ0v) is 5.98. The van der Waals surface area contributed by atoms with Gasteiger partial charge in [0.15, 0.2) is 0 Å². The van der Waals surface area contributed by atoms with E-state index < -0.39 is 24.3 Å². The molecule has 14 heavy (non-hydrogen) atoms. The molecular formula is C4H2F6O4. The van der Waals surface area contributed by atoms with Gasteiger partial charge in [-0.25, -0.2) is 4.79 Å². The van der Waals surface area contributed by atoms with Crippen molar-refractivity contribution in [3.05, 3.63) is 0 Å². The minimum Gasteiger partial charge on any atom is -0.450 e. The van der Waals surface area contributed by atoms with Crippen LogP contribution in [0.15, 0.2) is 0 Å². The highest BCUT2D eigenvalue weighted by atomic mass is 19.4. The van der Waals surface area contributed by atoms with Crippen LogP contribution in [0.5, 0.6) is 0 Å². The molecule has 0 aliphatic heterocycles. The second-order valence-corrected chi connectivity index (χ2v) is 2.01. The Kier molecular flexibility index (Phi) is 2.92. The average Bonchev–Trinajstić information content (AvgIpc) is 1.79. The van der Waals surface area contributed by atoms with Crippen LogP contribution in [0.25, 0.3) is 0 Å². The first kappa shape index (κ1) is 12.8. The molecule has 0 spiro atoms. The smallest absolute Gasteiger partial charge is 0.450 e. The van der Waals surface area contributed by atoms with Gasteiger partial charge in [-0.2, -0.15) is 26.3 Å². The molecule has 0 aromatic carbocycles. The Bertz CT molecular complexity index is 215. The summed E-state index contributed by atoms with van der Waals surface area (Å²) in [5.41, 5.74) is 0. The molecule has 0 saturated heterocycles. The van der Waals surface area contributed by atoms with Crippen LogP contribution in [0, 0.1) is 0 Å². The van der Waals surface area contributed by atoms with E-state index in [9.17, 15) is 31.1 Å². The predicted octanol–water partition coefficient (Wildman–Crippen LogP) is 1.49. The molecule has 0 rings (SSSR count). The molecule has 0 saturated carbocycles. The summed E-state index contributed by atoms with van der Waals surface area (Å²) in [6.07, 6.45) is -15.5. The van der Waals surface area contributed by atoms with Crippen molar-refractivity contribution in [3.8, 4) is 0 Å². The third-order valence-electron chi connectivity index (χ3n) is 1.00. The molecule has 0 aliphatic carbocycles. The van der Waals surface area contributed by atoms with E-state index in [4.69, 9.17) is 10.2 Å². The van der Waals surface area contributed by atoms with Gasteiger partial charge in [0.05, 0.1) is 0 Å². The van der Waals surface area contributed by atoms with Crippen molar-refractivity contribution < 1.29 is 46.1 Å². The summed E-state index contributed by atoms with van der Waals surface area (Å²) < 4.78 is 72.0. The quantitative estimate of drug-likeness (QED) is 0.405. The summed E-state index contributed by atoms with van der Waals surface area (Å²) in [7, 11) is 0. The van der Waals surface area contributed by atoms with Gasteiger partial charge in [0.25, 0.3) is 0 Å². The summed E-state index contributed by atoms with van der Waals surface area (Å²) in [4.78, 5) is 9.53. The highest BCUT2D eigenvalue weighted by Crippen LogP contribution is 2.43. The Morgan fingerprint density at radius 3 is 1.36 bits per heavy atom. The van der Waals surface area contributed by atoms with Crippen LogP contribution >= 0.6 is 0 Å². The Morgan fingerprint density at radius 1 is 1.00 bits per heavy atom. The Hall–Kier alpha value is -1.19. The highest BCUT2D eigenvalue weighted by Gasteiger charge is 2.74. The van der Waals surface area contributed by atoms with Gasteiger partial charge in [-0.3, -0.25) is 0 Å². The molecular weight excluding hydrogens is 226 g/mol. The maximum atomic E-state index is 11.6. The minimum atomic E-state index is -6.30. The molecule has 2 N–H and O–H groups in total. The Morgan fingerprint density at radius 2 is 1.29 bits per heavy atom. The molecule has 0 bridgehead atoms. The van der Waals surface area contributed by atoms with E-state index in [1.54, 1.807) is 0 Å². The van der Waals surface area contributed by atoms with Crippen LogP contribution in [0.4, 0.5) is 31.1 Å². The van der Waals surface area contributed by atoms with Crippen LogP contribution in [-0.2, 0) is 4.74 Å². The molecule has 4 nitrogen and oxygen atoms in total. The molecule has 0 aromatic heterocycles. The third-order valence-corrected chi connectivity index (χ3v) is 1.00. The lowest BCUT2D eigenvalue weighted by Gasteiger charge is -2.29. The van der Waals surface area contributed by atoms with E-state index in [0.717, 1.165) is 0 Å². The van der Waals surface area contributed by atoms with E-state index in [1.165, 1.54) is 0 Å². The second kappa shape index (κ2) is 3.19. The normalized spacial score (nSPS) is 13.9. The molecule has 0 unspecified atom stereocenters. The van der Waals surface area contributed by atoms with Gasteiger partial charge in [0.2, 0.25) is 0 Å². The third kappa shape index (κ3) is 2.19. The number of halogens is 6. The van der Waals surface area contributed by atoms with Gasteiger partial charge in [-0.15, -0.1) is 0 Å². The summed E-state index contributed by atoms with van der Waals surface area (Å²) in [6.45, 7) is 0. The van der Waals surface area contributed by atoms with Gasteiger partial charge >= 0.3 is 24.3 Å². The van der Waals surface area contributed by atoms with E-state index in [-0.39, 0.29) is 0 Å². The van der Waals surface area contributed by atoms with Gasteiger partial charge in [0.1, 0.15) is 0 Å².